The van der Waals surface area contributed by atoms with Crippen molar-refractivity contribution in [1.82, 2.24) is 15.3 Å². The number of aryl methyl sites for hydroxylation is 2. The Morgan fingerprint density at radius 3 is 3.23 bits per heavy atom. The molecule has 0 saturated carbocycles. The summed E-state index contributed by atoms with van der Waals surface area (Å²) in [5, 5.41) is 3.85. The summed E-state index contributed by atoms with van der Waals surface area (Å²) in [6.07, 6.45) is 4.68. The van der Waals surface area contributed by atoms with Crippen molar-refractivity contribution in [3.8, 4) is 0 Å². The van der Waals surface area contributed by atoms with Gasteiger partial charge in [-0.2, -0.15) is 0 Å². The molecule has 4 rings (SSSR count). The van der Waals surface area contributed by atoms with E-state index in [1.165, 1.54) is 22.2 Å². The summed E-state index contributed by atoms with van der Waals surface area (Å²) in [4.78, 5) is 25.5. The van der Waals surface area contributed by atoms with Crippen molar-refractivity contribution >= 4 is 33.3 Å². The van der Waals surface area contributed by atoms with Gasteiger partial charge in [-0.05, 0) is 24.8 Å². The average molecular weight is 318 g/mol. The van der Waals surface area contributed by atoms with E-state index in [9.17, 15) is 4.79 Å². The summed E-state index contributed by atoms with van der Waals surface area (Å²) in [6.45, 7) is 1.83. The van der Waals surface area contributed by atoms with Gasteiger partial charge in [0.1, 0.15) is 17.0 Å². The number of likely N-dealkylation sites (N-methyl/N-ethyl adjacent to an activating group) is 1. The van der Waals surface area contributed by atoms with Crippen LogP contribution >= 0.6 is 11.3 Å². The second-order valence-corrected chi connectivity index (χ2v) is 6.74. The van der Waals surface area contributed by atoms with E-state index in [4.69, 9.17) is 4.74 Å². The predicted molar refractivity (Wildman–Crippen MR) is 85.5 cm³/mol. The fourth-order valence-corrected chi connectivity index (χ4v) is 4.54. The van der Waals surface area contributed by atoms with Crippen LogP contribution in [0.5, 0.6) is 0 Å². The smallest absolute Gasteiger partial charge is 0.250 e. The van der Waals surface area contributed by atoms with E-state index in [1.807, 2.05) is 0 Å². The zero-order valence-corrected chi connectivity index (χ0v) is 13.3. The number of nitrogens with one attached hydrogen (secondary N) is 1. The van der Waals surface area contributed by atoms with Crippen molar-refractivity contribution in [3.63, 3.8) is 0 Å². The molecule has 7 heteroatoms. The molecular weight excluding hydrogens is 300 g/mol. The molecule has 1 amide bonds. The van der Waals surface area contributed by atoms with Crippen LogP contribution in [0.3, 0.4) is 0 Å². The molecule has 1 aliphatic carbocycles. The molecule has 0 radical (unpaired) electrons. The lowest BCUT2D eigenvalue weighted by Gasteiger charge is -2.33. The van der Waals surface area contributed by atoms with E-state index in [-0.39, 0.29) is 5.91 Å². The number of hydrogen-bond donors (Lipinski definition) is 1. The highest BCUT2D eigenvalue weighted by Crippen LogP contribution is 2.40. The zero-order valence-electron chi connectivity index (χ0n) is 12.5. The summed E-state index contributed by atoms with van der Waals surface area (Å²) in [6, 6.07) is 0. The third-order valence-electron chi connectivity index (χ3n) is 4.39. The van der Waals surface area contributed by atoms with Crippen molar-refractivity contribution in [3.05, 3.63) is 16.8 Å². The van der Waals surface area contributed by atoms with Gasteiger partial charge in [0.05, 0.1) is 18.5 Å². The van der Waals surface area contributed by atoms with Gasteiger partial charge in [-0.1, -0.05) is 0 Å². The van der Waals surface area contributed by atoms with Gasteiger partial charge in [-0.15, -0.1) is 11.3 Å². The van der Waals surface area contributed by atoms with Crippen molar-refractivity contribution < 1.29 is 9.53 Å². The Morgan fingerprint density at radius 2 is 2.36 bits per heavy atom. The monoisotopic (exact) mass is 318 g/mol. The minimum atomic E-state index is -0.435. The van der Waals surface area contributed by atoms with E-state index < -0.39 is 6.10 Å². The maximum atomic E-state index is 11.9. The van der Waals surface area contributed by atoms with Crippen LogP contribution in [0.1, 0.15) is 16.9 Å². The highest BCUT2D eigenvalue weighted by molar-refractivity contribution is 7.19. The highest BCUT2D eigenvalue weighted by atomic mass is 32.1. The number of nitrogens with zero attached hydrogens (tertiary/aromatic N) is 3. The first kappa shape index (κ1) is 13.9. The predicted octanol–water partition coefficient (Wildman–Crippen LogP) is 1.13. The van der Waals surface area contributed by atoms with E-state index >= 15 is 0 Å². The van der Waals surface area contributed by atoms with Gasteiger partial charge in [0.15, 0.2) is 6.10 Å². The molecule has 1 fully saturated rings. The van der Waals surface area contributed by atoms with Crippen LogP contribution in [0.4, 0.5) is 5.82 Å². The van der Waals surface area contributed by atoms with Crippen molar-refractivity contribution in [1.29, 1.82) is 0 Å². The molecule has 0 bridgehead atoms. The van der Waals surface area contributed by atoms with Crippen molar-refractivity contribution in [2.75, 3.05) is 31.6 Å². The third kappa shape index (κ3) is 2.16. The minimum absolute atomic E-state index is 0.0782. The van der Waals surface area contributed by atoms with Gasteiger partial charge in [-0.3, -0.25) is 4.79 Å². The Labute approximate surface area is 132 Å². The van der Waals surface area contributed by atoms with Gasteiger partial charge >= 0.3 is 0 Å². The van der Waals surface area contributed by atoms with Crippen LogP contribution in [0, 0.1) is 0 Å². The first-order valence-electron chi connectivity index (χ1n) is 7.61. The topological polar surface area (TPSA) is 67.4 Å². The molecule has 22 heavy (non-hydrogen) atoms. The van der Waals surface area contributed by atoms with Crippen LogP contribution < -0.4 is 10.2 Å². The minimum Gasteiger partial charge on any atom is -0.365 e. The first-order valence-corrected chi connectivity index (χ1v) is 8.43. The second-order valence-electron chi connectivity index (χ2n) is 5.65. The first-order chi connectivity index (χ1) is 10.8. The third-order valence-corrected chi connectivity index (χ3v) is 5.59. The van der Waals surface area contributed by atoms with E-state index in [1.54, 1.807) is 24.7 Å². The van der Waals surface area contributed by atoms with E-state index in [0.717, 1.165) is 30.0 Å². The average Bonchev–Trinajstić information content (AvgIpc) is 3.14. The number of hydrogen-bond acceptors (Lipinski definition) is 6. The molecule has 6 nitrogen and oxygen atoms in total. The molecule has 116 valence electrons. The molecule has 1 saturated heterocycles. The summed E-state index contributed by atoms with van der Waals surface area (Å²) in [5.41, 5.74) is 1.42. The molecule has 3 heterocycles. The van der Waals surface area contributed by atoms with E-state index in [0.29, 0.717) is 13.2 Å². The van der Waals surface area contributed by atoms with Gasteiger partial charge in [-0.25, -0.2) is 9.97 Å². The highest BCUT2D eigenvalue weighted by Gasteiger charge is 2.29. The van der Waals surface area contributed by atoms with Crippen LogP contribution in [0.25, 0.3) is 10.2 Å². The lowest BCUT2D eigenvalue weighted by Crippen LogP contribution is -2.49. The summed E-state index contributed by atoms with van der Waals surface area (Å²) < 4.78 is 5.57. The molecule has 2 aromatic heterocycles. The molecular formula is C15H18N4O2S. The molecule has 1 aliphatic heterocycles. The largest absolute Gasteiger partial charge is 0.365 e. The molecule has 2 aliphatic rings. The van der Waals surface area contributed by atoms with Crippen molar-refractivity contribution in [2.45, 2.75) is 25.4 Å². The number of thiophene rings is 1. The fraction of sp³-hybridized carbons (Fsp3) is 0.533. The van der Waals surface area contributed by atoms with Gasteiger partial charge in [0, 0.05) is 18.5 Å². The number of aromatic nitrogens is 2. The number of anilines is 1. The van der Waals surface area contributed by atoms with Gasteiger partial charge < -0.3 is 15.0 Å². The Bertz CT molecular complexity index is 730. The fourth-order valence-electron chi connectivity index (χ4n) is 3.31. The van der Waals surface area contributed by atoms with Gasteiger partial charge in [0.2, 0.25) is 0 Å². The Hall–Kier alpha value is -1.73. The zero-order chi connectivity index (χ0) is 15.1. The second kappa shape index (κ2) is 5.48. The van der Waals surface area contributed by atoms with Crippen LogP contribution in [0.15, 0.2) is 6.33 Å². The number of amides is 1. The van der Waals surface area contributed by atoms with Gasteiger partial charge in [0.25, 0.3) is 5.91 Å². The molecule has 2 aromatic rings. The Kier molecular flexibility index (Phi) is 3.46. The number of rotatable bonds is 2. The Balaban J connectivity index is 1.73. The molecule has 0 spiro atoms. The number of fused-ring (bicyclic) bond motifs is 3. The summed E-state index contributed by atoms with van der Waals surface area (Å²) in [5.74, 6) is 0.882. The number of carbonyl (C=O) groups is 1. The summed E-state index contributed by atoms with van der Waals surface area (Å²) >= 11 is 1.79. The maximum Gasteiger partial charge on any atom is 0.250 e. The Morgan fingerprint density at radius 1 is 1.45 bits per heavy atom. The van der Waals surface area contributed by atoms with E-state index in [2.05, 4.69) is 20.2 Å². The number of carbonyl (C=O) groups excluding carboxylic acids is 1. The lowest BCUT2D eigenvalue weighted by molar-refractivity contribution is -0.132. The molecule has 1 unspecified atom stereocenters. The van der Waals surface area contributed by atoms with Crippen LogP contribution in [-0.4, -0.2) is 48.7 Å². The van der Waals surface area contributed by atoms with Crippen molar-refractivity contribution in [2.24, 2.45) is 0 Å². The maximum absolute atomic E-state index is 11.9. The SMILES string of the molecule is CNC(=O)C1CN(c2ncnc3sc4c(c23)CCC4)CCO1. The lowest BCUT2D eigenvalue weighted by atomic mass is 10.1. The summed E-state index contributed by atoms with van der Waals surface area (Å²) in [7, 11) is 1.64. The number of ether oxygens (including phenoxy) is 1. The molecule has 1 atom stereocenters. The van der Waals surface area contributed by atoms with Crippen LogP contribution in [0.2, 0.25) is 0 Å². The number of morpholine rings is 1. The van der Waals surface area contributed by atoms with Crippen LogP contribution in [-0.2, 0) is 22.4 Å². The molecule has 1 N–H and O–H groups in total. The standard InChI is InChI=1S/C15H18N4O2S/c1-16-14(20)10-7-19(5-6-21-10)13-12-9-3-2-4-11(9)22-15(12)18-8-17-13/h8,10H,2-7H2,1H3,(H,16,20). The quantitative estimate of drug-likeness (QED) is 0.899. The normalized spacial score (nSPS) is 21.1. The molecule has 0 aromatic carbocycles.